The Labute approximate surface area is 74.7 Å². The molecule has 0 heterocycles. The average molecular weight is 201 g/mol. The van der Waals surface area contributed by atoms with E-state index >= 15 is 0 Å². The molecule has 3 N–H and O–H groups in total. The number of benzene rings is 1. The molecule has 1 radical (unpaired) electrons. The van der Waals surface area contributed by atoms with Gasteiger partial charge in [0.2, 0.25) is 0 Å². The van der Waals surface area contributed by atoms with Gasteiger partial charge in [-0.2, -0.15) is 0 Å². The number of hydrogen-bond acceptors (Lipinski definition) is 2. The van der Waals surface area contributed by atoms with Crippen LogP contribution >= 0.6 is 0 Å². The smallest absolute Gasteiger partial charge is 0.478 e. The van der Waals surface area contributed by atoms with Gasteiger partial charge in [-0.3, -0.25) is 0 Å². The first kappa shape index (κ1) is 10.0. The molecule has 0 aliphatic carbocycles. The van der Waals surface area contributed by atoms with Gasteiger partial charge in [-0.05, 0) is 12.1 Å². The van der Waals surface area contributed by atoms with Crippen LogP contribution < -0.4 is 5.73 Å². The molecule has 0 saturated carbocycles. The molecule has 1 rings (SSSR count). The van der Waals surface area contributed by atoms with Gasteiger partial charge in [0.1, 0.15) is 0 Å². The summed E-state index contributed by atoms with van der Waals surface area (Å²) < 4.78 is 0. The Morgan fingerprint density at radius 1 is 1.36 bits per heavy atom. The summed E-state index contributed by atoms with van der Waals surface area (Å²) in [5.74, 6) is -0.988. The number of anilines is 1. The molecule has 4 heteroatoms. The van der Waals surface area contributed by atoms with Crippen molar-refractivity contribution in [2.75, 3.05) is 5.73 Å². The molecule has 61 valence electrons. The zero-order valence-corrected chi connectivity index (χ0v) is 6.49. The molecular formula is C7H7CuNO2+2. The minimum Gasteiger partial charge on any atom is -0.478 e. The third kappa shape index (κ3) is 2.26. The average Bonchev–Trinajstić information content (AvgIpc) is 1.88. The van der Waals surface area contributed by atoms with E-state index in [2.05, 4.69) is 0 Å². The molecule has 11 heavy (non-hydrogen) atoms. The predicted octanol–water partition coefficient (Wildman–Crippen LogP) is 0.965. The van der Waals surface area contributed by atoms with Crippen molar-refractivity contribution in [3.8, 4) is 0 Å². The van der Waals surface area contributed by atoms with Crippen LogP contribution in [0, 0.1) is 0 Å². The summed E-state index contributed by atoms with van der Waals surface area (Å²) in [6.45, 7) is 0. The molecule has 0 aromatic heterocycles. The summed E-state index contributed by atoms with van der Waals surface area (Å²) in [6, 6.07) is 6.36. The van der Waals surface area contributed by atoms with Gasteiger partial charge < -0.3 is 10.8 Å². The maximum Gasteiger partial charge on any atom is 2.00 e. The first-order valence-corrected chi connectivity index (χ1v) is 2.79. The molecule has 3 nitrogen and oxygen atoms in total. The Kier molecular flexibility index (Phi) is 3.65. The van der Waals surface area contributed by atoms with E-state index in [1.54, 1.807) is 18.2 Å². The van der Waals surface area contributed by atoms with Crippen molar-refractivity contribution in [3.05, 3.63) is 29.8 Å². The van der Waals surface area contributed by atoms with Gasteiger partial charge in [-0.25, -0.2) is 4.79 Å². The summed E-state index contributed by atoms with van der Waals surface area (Å²) in [6.07, 6.45) is 0. The normalized spacial score (nSPS) is 8.36. The van der Waals surface area contributed by atoms with Crippen molar-refractivity contribution in [1.29, 1.82) is 0 Å². The van der Waals surface area contributed by atoms with Crippen LogP contribution in [0.4, 0.5) is 5.69 Å². The molecule has 1 aromatic carbocycles. The predicted molar refractivity (Wildman–Crippen MR) is 37.8 cm³/mol. The largest absolute Gasteiger partial charge is 2.00 e. The van der Waals surface area contributed by atoms with E-state index in [1.165, 1.54) is 6.07 Å². The van der Waals surface area contributed by atoms with E-state index in [1.807, 2.05) is 0 Å². The Morgan fingerprint density at radius 3 is 2.27 bits per heavy atom. The van der Waals surface area contributed by atoms with Crippen molar-refractivity contribution >= 4 is 11.7 Å². The summed E-state index contributed by atoms with van der Waals surface area (Å²) in [5.41, 5.74) is 5.80. The van der Waals surface area contributed by atoms with Crippen LogP contribution in [0.3, 0.4) is 0 Å². The van der Waals surface area contributed by atoms with Crippen molar-refractivity contribution in [2.45, 2.75) is 0 Å². The summed E-state index contributed by atoms with van der Waals surface area (Å²) >= 11 is 0. The monoisotopic (exact) mass is 200 g/mol. The standard InChI is InChI=1S/C7H7NO2.Cu/c8-6-4-2-1-3-5(6)7(9)10;/h1-4H,8H2,(H,9,10);/q;+2. The van der Waals surface area contributed by atoms with Gasteiger partial charge in [0.05, 0.1) is 5.56 Å². The number of nitrogens with two attached hydrogens (primary N) is 1. The molecule has 0 spiro atoms. The number of hydrogen-bond donors (Lipinski definition) is 2. The van der Waals surface area contributed by atoms with E-state index < -0.39 is 5.97 Å². The fraction of sp³-hybridized carbons (Fsp3) is 0. The molecular weight excluding hydrogens is 194 g/mol. The molecule has 0 aliphatic heterocycles. The van der Waals surface area contributed by atoms with Gasteiger partial charge >= 0.3 is 23.0 Å². The maximum atomic E-state index is 10.3. The first-order valence-electron chi connectivity index (χ1n) is 2.79. The van der Waals surface area contributed by atoms with Crippen LogP contribution in [0.1, 0.15) is 10.4 Å². The number of rotatable bonds is 1. The van der Waals surface area contributed by atoms with Crippen LogP contribution in [0.15, 0.2) is 24.3 Å². The maximum absolute atomic E-state index is 10.3. The number of nitrogen functional groups attached to an aromatic ring is 1. The van der Waals surface area contributed by atoms with Crippen molar-refractivity contribution in [1.82, 2.24) is 0 Å². The van der Waals surface area contributed by atoms with Gasteiger partial charge in [-0.15, -0.1) is 0 Å². The second kappa shape index (κ2) is 4.01. The number of para-hydroxylation sites is 1. The molecule has 0 fully saturated rings. The zero-order chi connectivity index (χ0) is 7.56. The Balaban J connectivity index is 0.000001000. The van der Waals surface area contributed by atoms with Gasteiger partial charge in [-0.1, -0.05) is 12.1 Å². The summed E-state index contributed by atoms with van der Waals surface area (Å²) in [4.78, 5) is 10.3. The topological polar surface area (TPSA) is 63.3 Å². The molecule has 0 bridgehead atoms. The second-order valence-corrected chi connectivity index (χ2v) is 1.89. The van der Waals surface area contributed by atoms with Gasteiger partial charge in [0, 0.05) is 5.69 Å². The Bertz CT molecular complexity index is 262. The third-order valence-corrected chi connectivity index (χ3v) is 1.19. The van der Waals surface area contributed by atoms with E-state index in [4.69, 9.17) is 10.8 Å². The quantitative estimate of drug-likeness (QED) is 0.525. The number of carboxylic acids is 1. The van der Waals surface area contributed by atoms with Crippen LogP contribution in [-0.2, 0) is 17.1 Å². The fourth-order valence-electron chi connectivity index (χ4n) is 0.692. The molecule has 0 amide bonds. The fourth-order valence-corrected chi connectivity index (χ4v) is 0.692. The summed E-state index contributed by atoms with van der Waals surface area (Å²) in [5, 5.41) is 8.49. The Hall–Kier alpha value is -0.991. The van der Waals surface area contributed by atoms with Crippen LogP contribution in [0.2, 0.25) is 0 Å². The number of aromatic carboxylic acids is 1. The van der Waals surface area contributed by atoms with Gasteiger partial charge in [0.25, 0.3) is 0 Å². The van der Waals surface area contributed by atoms with E-state index in [-0.39, 0.29) is 22.6 Å². The Morgan fingerprint density at radius 2 is 1.91 bits per heavy atom. The zero-order valence-electron chi connectivity index (χ0n) is 5.54. The van der Waals surface area contributed by atoms with Gasteiger partial charge in [0.15, 0.2) is 0 Å². The van der Waals surface area contributed by atoms with Crippen LogP contribution in [0.5, 0.6) is 0 Å². The van der Waals surface area contributed by atoms with E-state index in [9.17, 15) is 4.79 Å². The van der Waals surface area contributed by atoms with Crippen molar-refractivity contribution in [2.24, 2.45) is 0 Å². The van der Waals surface area contributed by atoms with E-state index in [0.717, 1.165) is 0 Å². The number of carbonyl (C=O) groups is 1. The minimum absolute atomic E-state index is 0. The number of carboxylic acid groups (broad SMARTS) is 1. The first-order chi connectivity index (χ1) is 4.72. The molecule has 0 saturated heterocycles. The summed E-state index contributed by atoms with van der Waals surface area (Å²) in [7, 11) is 0. The molecule has 0 atom stereocenters. The van der Waals surface area contributed by atoms with E-state index in [0.29, 0.717) is 5.69 Å². The molecule has 0 aliphatic rings. The third-order valence-electron chi connectivity index (χ3n) is 1.19. The molecule has 1 aromatic rings. The second-order valence-electron chi connectivity index (χ2n) is 1.89. The van der Waals surface area contributed by atoms with Crippen molar-refractivity contribution < 1.29 is 27.0 Å². The van der Waals surface area contributed by atoms with Crippen LogP contribution in [-0.4, -0.2) is 11.1 Å². The minimum atomic E-state index is -0.988. The van der Waals surface area contributed by atoms with Crippen LogP contribution in [0.25, 0.3) is 0 Å². The molecule has 0 unspecified atom stereocenters. The van der Waals surface area contributed by atoms with Crippen molar-refractivity contribution in [3.63, 3.8) is 0 Å². The SMILES string of the molecule is Nc1ccccc1C(=O)O.[Cu+2].